The van der Waals surface area contributed by atoms with Gasteiger partial charge in [-0.1, -0.05) is 11.8 Å². The number of aromatic nitrogens is 1. The highest BCUT2D eigenvalue weighted by atomic mass is 16.4. The van der Waals surface area contributed by atoms with Gasteiger partial charge in [-0.3, -0.25) is 9.59 Å². The van der Waals surface area contributed by atoms with Gasteiger partial charge in [0.15, 0.2) is 0 Å². The molecule has 6 heteroatoms. The zero-order valence-corrected chi connectivity index (χ0v) is 10.1. The van der Waals surface area contributed by atoms with Crippen LogP contribution in [0.1, 0.15) is 22.3 Å². The van der Waals surface area contributed by atoms with Gasteiger partial charge in [0.25, 0.3) is 0 Å². The van der Waals surface area contributed by atoms with E-state index >= 15 is 0 Å². The Bertz CT molecular complexity index is 823. The van der Waals surface area contributed by atoms with E-state index in [0.29, 0.717) is 11.1 Å². The lowest BCUT2D eigenvalue weighted by Crippen LogP contribution is -2.15. The van der Waals surface area contributed by atoms with Gasteiger partial charge in [0.05, 0.1) is 5.52 Å². The fourth-order valence-electron chi connectivity index (χ4n) is 1.68. The minimum atomic E-state index is -1.29. The molecule has 0 spiro atoms. The zero-order chi connectivity index (χ0) is 14.7. The van der Waals surface area contributed by atoms with Crippen LogP contribution >= 0.6 is 0 Å². The molecular formula is C14H9NO5. The first-order valence-corrected chi connectivity index (χ1v) is 5.58. The lowest BCUT2D eigenvalue weighted by atomic mass is 10.1. The molecule has 0 atom stereocenters. The predicted molar refractivity (Wildman–Crippen MR) is 70.7 cm³/mol. The Morgan fingerprint density at radius 3 is 2.65 bits per heavy atom. The first-order valence-electron chi connectivity index (χ1n) is 5.58. The topological polar surface area (TPSA) is 107 Å². The van der Waals surface area contributed by atoms with Gasteiger partial charge in [0.1, 0.15) is 12.0 Å². The van der Waals surface area contributed by atoms with E-state index in [0.717, 1.165) is 6.20 Å². The molecule has 0 fully saturated rings. The summed E-state index contributed by atoms with van der Waals surface area (Å²) in [6, 6.07) is 4.57. The molecular weight excluding hydrogens is 262 g/mol. The third-order valence-corrected chi connectivity index (χ3v) is 2.58. The van der Waals surface area contributed by atoms with Crippen molar-refractivity contribution < 1.29 is 19.8 Å². The number of aliphatic carboxylic acids is 1. The van der Waals surface area contributed by atoms with Crippen molar-refractivity contribution in [2.45, 2.75) is 6.42 Å². The van der Waals surface area contributed by atoms with Crippen molar-refractivity contribution in [3.8, 4) is 11.8 Å². The SMILES string of the molecule is O=C(O)CC#Cc1ccc2c(=O)c(C(=O)O)c[nH]c2c1. The number of aromatic carboxylic acids is 1. The second kappa shape index (κ2) is 5.28. The van der Waals surface area contributed by atoms with Crippen LogP contribution in [0.15, 0.2) is 29.2 Å². The van der Waals surface area contributed by atoms with Gasteiger partial charge in [0.2, 0.25) is 5.43 Å². The van der Waals surface area contributed by atoms with Crippen LogP contribution in [0.4, 0.5) is 0 Å². The first-order chi connectivity index (χ1) is 9.49. The van der Waals surface area contributed by atoms with Gasteiger partial charge < -0.3 is 15.2 Å². The lowest BCUT2D eigenvalue weighted by Gasteiger charge is -2.00. The van der Waals surface area contributed by atoms with Crippen molar-refractivity contribution in [2.24, 2.45) is 0 Å². The van der Waals surface area contributed by atoms with Crippen LogP contribution in [0.5, 0.6) is 0 Å². The molecule has 3 N–H and O–H groups in total. The molecule has 1 aromatic heterocycles. The van der Waals surface area contributed by atoms with Crippen molar-refractivity contribution in [1.82, 2.24) is 4.98 Å². The number of aromatic amines is 1. The molecule has 0 unspecified atom stereocenters. The third-order valence-electron chi connectivity index (χ3n) is 2.58. The number of nitrogens with one attached hydrogen (secondary N) is 1. The molecule has 0 saturated heterocycles. The number of carboxylic acid groups (broad SMARTS) is 2. The zero-order valence-electron chi connectivity index (χ0n) is 10.1. The highest BCUT2D eigenvalue weighted by Crippen LogP contribution is 2.10. The third kappa shape index (κ3) is 2.67. The van der Waals surface area contributed by atoms with Crippen LogP contribution in [-0.4, -0.2) is 27.1 Å². The maximum Gasteiger partial charge on any atom is 0.341 e. The average molecular weight is 271 g/mol. The number of carbonyl (C=O) groups is 2. The Labute approximate surface area is 112 Å². The van der Waals surface area contributed by atoms with Gasteiger partial charge in [-0.05, 0) is 18.2 Å². The second-order valence-corrected chi connectivity index (χ2v) is 3.97. The van der Waals surface area contributed by atoms with E-state index in [2.05, 4.69) is 16.8 Å². The van der Waals surface area contributed by atoms with Crippen molar-refractivity contribution in [3.05, 3.63) is 45.7 Å². The molecule has 1 aromatic carbocycles. The lowest BCUT2D eigenvalue weighted by molar-refractivity contribution is -0.135. The molecule has 0 radical (unpaired) electrons. The van der Waals surface area contributed by atoms with Crippen molar-refractivity contribution in [2.75, 3.05) is 0 Å². The molecule has 0 aliphatic carbocycles. The van der Waals surface area contributed by atoms with E-state index in [1.54, 1.807) is 6.07 Å². The van der Waals surface area contributed by atoms with Crippen LogP contribution in [0.2, 0.25) is 0 Å². The minimum absolute atomic E-state index is 0.244. The van der Waals surface area contributed by atoms with Crippen LogP contribution in [-0.2, 0) is 4.79 Å². The maximum atomic E-state index is 11.9. The fraction of sp³-hybridized carbons (Fsp3) is 0.0714. The van der Waals surface area contributed by atoms with Gasteiger partial charge in [-0.2, -0.15) is 0 Å². The van der Waals surface area contributed by atoms with Crippen molar-refractivity contribution in [3.63, 3.8) is 0 Å². The molecule has 0 bridgehead atoms. The summed E-state index contributed by atoms with van der Waals surface area (Å²) in [6.07, 6.45) is 0.855. The molecule has 1 heterocycles. The fourth-order valence-corrected chi connectivity index (χ4v) is 1.68. The van der Waals surface area contributed by atoms with Crippen molar-refractivity contribution >= 4 is 22.8 Å². The Hall–Kier alpha value is -3.07. The number of H-pyrrole nitrogens is 1. The number of hydrogen-bond acceptors (Lipinski definition) is 3. The number of fused-ring (bicyclic) bond motifs is 1. The van der Waals surface area contributed by atoms with E-state index in [9.17, 15) is 14.4 Å². The molecule has 100 valence electrons. The van der Waals surface area contributed by atoms with Gasteiger partial charge in [-0.25, -0.2) is 4.79 Å². The molecule has 20 heavy (non-hydrogen) atoms. The Morgan fingerprint density at radius 2 is 2.00 bits per heavy atom. The maximum absolute atomic E-state index is 11.9. The smallest absolute Gasteiger partial charge is 0.341 e. The quantitative estimate of drug-likeness (QED) is 0.708. The van der Waals surface area contributed by atoms with Crippen LogP contribution in [0.3, 0.4) is 0 Å². The summed E-state index contributed by atoms with van der Waals surface area (Å²) in [6.45, 7) is 0. The molecule has 0 aliphatic rings. The number of carboxylic acids is 2. The van der Waals surface area contributed by atoms with Gasteiger partial charge >= 0.3 is 11.9 Å². The summed E-state index contributed by atoms with van der Waals surface area (Å²) in [5.74, 6) is 2.82. The van der Waals surface area contributed by atoms with Gasteiger partial charge in [0, 0.05) is 17.1 Å². The van der Waals surface area contributed by atoms with E-state index in [4.69, 9.17) is 10.2 Å². The highest BCUT2D eigenvalue weighted by molar-refractivity contribution is 5.92. The molecule has 0 amide bonds. The van der Waals surface area contributed by atoms with E-state index < -0.39 is 17.4 Å². The number of rotatable bonds is 2. The second-order valence-electron chi connectivity index (χ2n) is 3.97. The largest absolute Gasteiger partial charge is 0.481 e. The first kappa shape index (κ1) is 13.4. The molecule has 0 aliphatic heterocycles. The van der Waals surface area contributed by atoms with E-state index in [1.165, 1.54) is 12.1 Å². The Kier molecular flexibility index (Phi) is 3.53. The predicted octanol–water partition coefficient (Wildman–Crippen LogP) is 1.05. The van der Waals surface area contributed by atoms with Crippen LogP contribution in [0.25, 0.3) is 10.9 Å². The minimum Gasteiger partial charge on any atom is -0.481 e. The van der Waals surface area contributed by atoms with Crippen molar-refractivity contribution in [1.29, 1.82) is 0 Å². The summed E-state index contributed by atoms with van der Waals surface area (Å²) in [7, 11) is 0. The Morgan fingerprint density at radius 1 is 1.25 bits per heavy atom. The molecule has 6 nitrogen and oxygen atoms in total. The standard InChI is InChI=1S/C14H9NO5/c16-12(17)3-1-2-8-4-5-9-11(6-8)15-7-10(13(9)18)14(19)20/h4-7H,3H2,(H,15,18)(H,16,17)(H,19,20). The molecule has 0 saturated carbocycles. The number of hydrogen-bond donors (Lipinski definition) is 3. The Balaban J connectivity index is 2.48. The summed E-state index contributed by atoms with van der Waals surface area (Å²) < 4.78 is 0. The summed E-state index contributed by atoms with van der Waals surface area (Å²) in [5, 5.41) is 17.6. The average Bonchev–Trinajstić information content (AvgIpc) is 2.38. The highest BCUT2D eigenvalue weighted by Gasteiger charge is 2.11. The summed E-state index contributed by atoms with van der Waals surface area (Å²) in [5.41, 5.74) is 0.0816. The number of pyridine rings is 1. The normalized spacial score (nSPS) is 9.80. The summed E-state index contributed by atoms with van der Waals surface area (Å²) in [4.78, 5) is 35.8. The van der Waals surface area contributed by atoms with E-state index in [-0.39, 0.29) is 17.4 Å². The molecule has 2 aromatic rings. The van der Waals surface area contributed by atoms with Crippen LogP contribution < -0.4 is 5.43 Å². The van der Waals surface area contributed by atoms with Crippen LogP contribution in [0, 0.1) is 11.8 Å². The monoisotopic (exact) mass is 271 g/mol. The molecule has 2 rings (SSSR count). The number of benzene rings is 1. The summed E-state index contributed by atoms with van der Waals surface area (Å²) >= 11 is 0. The van der Waals surface area contributed by atoms with E-state index in [1.807, 2.05) is 0 Å². The van der Waals surface area contributed by atoms with Gasteiger partial charge in [-0.15, -0.1) is 0 Å².